The van der Waals surface area contributed by atoms with Crippen molar-refractivity contribution in [2.24, 2.45) is 0 Å². The minimum absolute atomic E-state index is 0.103. The van der Waals surface area contributed by atoms with E-state index in [-0.39, 0.29) is 18.3 Å². The van der Waals surface area contributed by atoms with E-state index in [4.69, 9.17) is 5.11 Å². The van der Waals surface area contributed by atoms with Crippen LogP contribution >= 0.6 is 11.8 Å². The molecule has 2 nitrogen and oxygen atoms in total. The predicted molar refractivity (Wildman–Crippen MR) is 67.9 cm³/mol. The number of ketones is 1. The Morgan fingerprint density at radius 1 is 1.50 bits per heavy atom. The molecule has 0 aliphatic rings. The minimum atomic E-state index is -0.211. The first kappa shape index (κ1) is 13.0. The Bertz CT molecular complexity index is 357. The highest BCUT2D eigenvalue weighted by molar-refractivity contribution is 7.99. The fraction of sp³-hybridized carbons (Fsp3) is 0.308. The summed E-state index contributed by atoms with van der Waals surface area (Å²) in [6, 6.07) is 7.81. The molecule has 1 aromatic carbocycles. The van der Waals surface area contributed by atoms with Crippen molar-refractivity contribution in [3.63, 3.8) is 0 Å². The molecule has 1 aromatic rings. The maximum Gasteiger partial charge on any atom is 0.141 e. The number of carbonyl (C=O) groups is 1. The van der Waals surface area contributed by atoms with Crippen LogP contribution in [0.15, 0.2) is 41.8 Å². The third kappa shape index (κ3) is 3.51. The average molecular weight is 236 g/mol. The Hall–Kier alpha value is -1.06. The molecule has 86 valence electrons. The van der Waals surface area contributed by atoms with E-state index >= 15 is 0 Å². The van der Waals surface area contributed by atoms with Crippen LogP contribution in [0.1, 0.15) is 18.4 Å². The van der Waals surface area contributed by atoms with Gasteiger partial charge in [0, 0.05) is 10.6 Å². The van der Waals surface area contributed by atoms with Gasteiger partial charge in [-0.2, -0.15) is 0 Å². The number of rotatable bonds is 6. The van der Waals surface area contributed by atoms with Gasteiger partial charge in [-0.1, -0.05) is 18.2 Å². The van der Waals surface area contributed by atoms with E-state index in [1.807, 2.05) is 24.3 Å². The summed E-state index contributed by atoms with van der Waals surface area (Å²) in [6.45, 7) is 5.42. The zero-order valence-electron chi connectivity index (χ0n) is 9.35. The van der Waals surface area contributed by atoms with Crippen LogP contribution in [0.25, 0.3) is 0 Å². The lowest BCUT2D eigenvalue weighted by atomic mass is 9.96. The van der Waals surface area contributed by atoms with Gasteiger partial charge in [0.25, 0.3) is 0 Å². The molecular weight excluding hydrogens is 220 g/mol. The number of allylic oxidation sites excluding steroid dienone is 1. The smallest absolute Gasteiger partial charge is 0.141 e. The molecule has 0 aliphatic carbocycles. The van der Waals surface area contributed by atoms with E-state index in [1.54, 1.807) is 24.8 Å². The number of aliphatic hydroxyl groups is 1. The second kappa shape index (κ2) is 6.51. The summed E-state index contributed by atoms with van der Waals surface area (Å²) < 4.78 is 0. The molecule has 0 amide bonds. The van der Waals surface area contributed by atoms with Gasteiger partial charge in [0.2, 0.25) is 0 Å². The molecule has 0 saturated heterocycles. The maximum atomic E-state index is 11.3. The zero-order valence-corrected chi connectivity index (χ0v) is 10.2. The Morgan fingerprint density at radius 3 is 2.56 bits per heavy atom. The number of carbonyl (C=O) groups excluding carboxylic acids is 1. The first-order valence-corrected chi connectivity index (χ1v) is 6.14. The number of thioether (sulfide) groups is 1. The van der Waals surface area contributed by atoms with Crippen molar-refractivity contribution in [1.82, 2.24) is 0 Å². The van der Waals surface area contributed by atoms with Crippen molar-refractivity contribution in [3.8, 4) is 0 Å². The predicted octanol–water partition coefficient (Wildman–Crippen LogP) is 2.63. The third-order valence-electron chi connectivity index (χ3n) is 2.27. The summed E-state index contributed by atoms with van der Waals surface area (Å²) in [6.07, 6.45) is 1.66. The third-order valence-corrected chi connectivity index (χ3v) is 3.27. The number of benzene rings is 1. The van der Waals surface area contributed by atoms with Gasteiger partial charge in [-0.3, -0.25) is 4.79 Å². The molecule has 1 atom stereocenters. The molecular formula is C13H16O2S. The van der Waals surface area contributed by atoms with Crippen molar-refractivity contribution in [3.05, 3.63) is 42.5 Å². The van der Waals surface area contributed by atoms with Gasteiger partial charge in [0.05, 0.1) is 12.5 Å². The van der Waals surface area contributed by atoms with Crippen molar-refractivity contribution >= 4 is 17.5 Å². The molecule has 0 spiro atoms. The molecule has 0 aromatic heterocycles. The van der Waals surface area contributed by atoms with Gasteiger partial charge in [0.1, 0.15) is 5.78 Å². The summed E-state index contributed by atoms with van der Waals surface area (Å²) >= 11 is 1.60. The summed E-state index contributed by atoms with van der Waals surface area (Å²) in [4.78, 5) is 12.4. The van der Waals surface area contributed by atoms with Crippen LogP contribution in [0.5, 0.6) is 0 Å². The Balaban J connectivity index is 2.77. The Labute approximate surface area is 100 Å². The van der Waals surface area contributed by atoms with Gasteiger partial charge >= 0.3 is 0 Å². The molecule has 0 bridgehead atoms. The largest absolute Gasteiger partial charge is 0.396 e. The van der Waals surface area contributed by atoms with E-state index in [0.717, 1.165) is 10.5 Å². The van der Waals surface area contributed by atoms with Gasteiger partial charge in [-0.25, -0.2) is 0 Å². The number of aliphatic hydroxyl groups excluding tert-OH is 1. The summed E-state index contributed by atoms with van der Waals surface area (Å²) in [5.74, 6) is 0.583. The topological polar surface area (TPSA) is 37.3 Å². The van der Waals surface area contributed by atoms with Crippen molar-refractivity contribution in [1.29, 1.82) is 0 Å². The van der Waals surface area contributed by atoms with Crippen LogP contribution in [-0.2, 0) is 4.79 Å². The van der Waals surface area contributed by atoms with Crippen LogP contribution in [0.2, 0.25) is 0 Å². The lowest BCUT2D eigenvalue weighted by Gasteiger charge is -2.09. The average Bonchev–Trinajstić information content (AvgIpc) is 2.28. The summed E-state index contributed by atoms with van der Waals surface area (Å²) in [7, 11) is 0. The van der Waals surface area contributed by atoms with Crippen molar-refractivity contribution < 1.29 is 9.90 Å². The van der Waals surface area contributed by atoms with Gasteiger partial charge in [-0.05, 0) is 24.6 Å². The van der Waals surface area contributed by atoms with Gasteiger partial charge in [0.15, 0.2) is 0 Å². The Morgan fingerprint density at radius 2 is 2.12 bits per heavy atom. The van der Waals surface area contributed by atoms with Crippen molar-refractivity contribution in [2.45, 2.75) is 17.7 Å². The zero-order chi connectivity index (χ0) is 12.0. The molecule has 3 heteroatoms. The molecule has 0 aliphatic heterocycles. The molecule has 0 radical (unpaired) electrons. The minimum Gasteiger partial charge on any atom is -0.396 e. The number of hydrogen-bond acceptors (Lipinski definition) is 3. The van der Waals surface area contributed by atoms with E-state index in [0.29, 0.717) is 5.75 Å². The lowest BCUT2D eigenvalue weighted by Crippen LogP contribution is -2.05. The Kier molecular flexibility index (Phi) is 5.29. The number of Topliss-reactive ketones (excluding diaryl/α,β-unsaturated/α-hetero) is 1. The number of hydrogen-bond donors (Lipinski definition) is 1. The quantitative estimate of drug-likeness (QED) is 0.609. The molecule has 0 fully saturated rings. The second-order valence-electron chi connectivity index (χ2n) is 3.47. The molecule has 1 unspecified atom stereocenters. The summed E-state index contributed by atoms with van der Waals surface area (Å²) in [5.41, 5.74) is 0.968. The van der Waals surface area contributed by atoms with Gasteiger partial charge < -0.3 is 5.11 Å². The van der Waals surface area contributed by atoms with Crippen LogP contribution in [0.3, 0.4) is 0 Å². The molecule has 0 saturated carbocycles. The highest BCUT2D eigenvalue weighted by Crippen LogP contribution is 2.23. The first-order chi connectivity index (χ1) is 7.69. The SMILES string of the molecule is C=CC(C(C)=O)c1ccc(SCCO)cc1. The van der Waals surface area contributed by atoms with Crippen LogP contribution in [0.4, 0.5) is 0 Å². The van der Waals surface area contributed by atoms with Crippen LogP contribution in [-0.4, -0.2) is 23.2 Å². The normalized spacial score (nSPS) is 12.1. The fourth-order valence-corrected chi connectivity index (χ4v) is 2.13. The lowest BCUT2D eigenvalue weighted by molar-refractivity contribution is -0.117. The van der Waals surface area contributed by atoms with Crippen LogP contribution in [0, 0.1) is 0 Å². The molecule has 1 N–H and O–H groups in total. The molecule has 16 heavy (non-hydrogen) atoms. The highest BCUT2D eigenvalue weighted by atomic mass is 32.2. The molecule has 0 heterocycles. The fourth-order valence-electron chi connectivity index (χ4n) is 1.47. The standard InChI is InChI=1S/C13H16O2S/c1-3-13(10(2)15)11-4-6-12(7-5-11)16-9-8-14/h3-7,13-14H,1,8-9H2,2H3. The monoisotopic (exact) mass is 236 g/mol. The summed E-state index contributed by atoms with van der Waals surface area (Å²) in [5, 5.41) is 8.70. The van der Waals surface area contributed by atoms with E-state index < -0.39 is 0 Å². The van der Waals surface area contributed by atoms with Crippen molar-refractivity contribution in [2.75, 3.05) is 12.4 Å². The van der Waals surface area contributed by atoms with E-state index in [1.165, 1.54) is 0 Å². The van der Waals surface area contributed by atoms with E-state index in [2.05, 4.69) is 6.58 Å². The highest BCUT2D eigenvalue weighted by Gasteiger charge is 2.11. The second-order valence-corrected chi connectivity index (χ2v) is 4.63. The van der Waals surface area contributed by atoms with Gasteiger partial charge in [-0.15, -0.1) is 18.3 Å². The van der Waals surface area contributed by atoms with Crippen LogP contribution < -0.4 is 0 Å². The first-order valence-electron chi connectivity index (χ1n) is 5.15. The molecule has 1 rings (SSSR count). The maximum absolute atomic E-state index is 11.3. The van der Waals surface area contributed by atoms with E-state index in [9.17, 15) is 4.79 Å².